The Kier molecular flexibility index (Phi) is 4.75. The van der Waals surface area contributed by atoms with E-state index < -0.39 is 18.0 Å². The highest BCUT2D eigenvalue weighted by Gasteiger charge is 2.37. The van der Waals surface area contributed by atoms with Gasteiger partial charge in [-0.3, -0.25) is 0 Å². The van der Waals surface area contributed by atoms with E-state index in [2.05, 4.69) is 15.5 Å². The Morgan fingerprint density at radius 3 is 2.59 bits per heavy atom. The van der Waals surface area contributed by atoms with Crippen molar-refractivity contribution in [3.05, 3.63) is 5.82 Å². The molecule has 98 valence electrons. The van der Waals surface area contributed by atoms with Gasteiger partial charge in [0.25, 0.3) is 0 Å². The zero-order chi connectivity index (χ0) is 13.1. The first kappa shape index (κ1) is 14.2. The smallest absolute Gasteiger partial charge is 0.383 e. The minimum atomic E-state index is -4.57. The van der Waals surface area contributed by atoms with Gasteiger partial charge < -0.3 is 5.11 Å². The summed E-state index contributed by atoms with van der Waals surface area (Å²) in [5, 5.41) is 19.7. The fraction of sp³-hybridized carbons (Fsp3) is 0.875. The van der Waals surface area contributed by atoms with Crippen LogP contribution in [0.2, 0.25) is 0 Å². The van der Waals surface area contributed by atoms with E-state index in [0.29, 0.717) is 5.82 Å². The predicted octanol–water partition coefficient (Wildman–Crippen LogP) is 1.41. The number of hydrogen-bond donors (Lipinski definition) is 1. The van der Waals surface area contributed by atoms with Gasteiger partial charge in [0.2, 0.25) is 0 Å². The van der Waals surface area contributed by atoms with Crippen molar-refractivity contribution in [3.8, 4) is 0 Å². The molecule has 0 saturated heterocycles. The van der Waals surface area contributed by atoms with E-state index in [1.165, 1.54) is 4.68 Å². The predicted molar refractivity (Wildman–Crippen MR) is 56.4 cm³/mol. The van der Waals surface area contributed by atoms with Crippen LogP contribution in [0.25, 0.3) is 0 Å². The SMILES string of the molecule is CC(C)n1nnnc1CSC[C@@H](O)C(F)(F)F. The maximum atomic E-state index is 12.0. The van der Waals surface area contributed by atoms with E-state index >= 15 is 0 Å². The van der Waals surface area contributed by atoms with Crippen LogP contribution in [-0.4, -0.2) is 43.3 Å². The van der Waals surface area contributed by atoms with Crippen LogP contribution >= 0.6 is 11.8 Å². The monoisotopic (exact) mass is 270 g/mol. The zero-order valence-electron chi connectivity index (χ0n) is 9.35. The molecule has 1 atom stereocenters. The molecule has 0 spiro atoms. The zero-order valence-corrected chi connectivity index (χ0v) is 10.2. The van der Waals surface area contributed by atoms with E-state index in [1.807, 2.05) is 13.8 Å². The normalized spacial score (nSPS) is 14.3. The third-order valence-electron chi connectivity index (χ3n) is 1.93. The summed E-state index contributed by atoms with van der Waals surface area (Å²) in [4.78, 5) is 0. The lowest BCUT2D eigenvalue weighted by Crippen LogP contribution is -2.30. The molecule has 0 amide bonds. The number of aliphatic hydroxyl groups excluding tert-OH is 1. The second-order valence-corrected chi connectivity index (χ2v) is 4.74. The first-order valence-corrected chi connectivity index (χ1v) is 6.07. The summed E-state index contributed by atoms with van der Waals surface area (Å²) in [5.41, 5.74) is 0. The number of rotatable bonds is 5. The Hall–Kier alpha value is -0.830. The lowest BCUT2D eigenvalue weighted by Gasteiger charge is -2.13. The minimum Gasteiger partial charge on any atom is -0.383 e. The van der Waals surface area contributed by atoms with Crippen LogP contribution in [0.1, 0.15) is 25.7 Å². The second-order valence-electron chi connectivity index (χ2n) is 3.71. The largest absolute Gasteiger partial charge is 0.415 e. The van der Waals surface area contributed by atoms with E-state index in [0.717, 1.165) is 11.8 Å². The van der Waals surface area contributed by atoms with Gasteiger partial charge in [-0.15, -0.1) is 5.10 Å². The molecule has 1 aromatic rings. The van der Waals surface area contributed by atoms with Crippen LogP contribution in [0.3, 0.4) is 0 Å². The Balaban J connectivity index is 2.44. The molecule has 0 saturated carbocycles. The van der Waals surface area contributed by atoms with Gasteiger partial charge >= 0.3 is 6.18 Å². The number of aromatic nitrogens is 4. The van der Waals surface area contributed by atoms with Gasteiger partial charge in [-0.2, -0.15) is 24.9 Å². The van der Waals surface area contributed by atoms with Crippen molar-refractivity contribution in [1.82, 2.24) is 20.2 Å². The number of thioether (sulfide) groups is 1. The standard InChI is InChI=1S/C8H13F3N4OS/c1-5(2)15-7(12-13-14-15)4-17-3-6(16)8(9,10)11/h5-6,16H,3-4H2,1-2H3/t6-/m1/s1. The molecule has 1 rings (SSSR count). The van der Waals surface area contributed by atoms with E-state index in [1.54, 1.807) is 0 Å². The average molecular weight is 270 g/mol. The van der Waals surface area contributed by atoms with Gasteiger partial charge in [0, 0.05) is 5.75 Å². The second kappa shape index (κ2) is 5.67. The molecule has 1 aromatic heterocycles. The molecular weight excluding hydrogens is 257 g/mol. The molecule has 0 bridgehead atoms. The van der Waals surface area contributed by atoms with Gasteiger partial charge in [-0.05, 0) is 24.3 Å². The molecule has 0 aliphatic heterocycles. The molecule has 0 aliphatic rings. The topological polar surface area (TPSA) is 63.8 Å². The first-order chi connectivity index (χ1) is 7.82. The van der Waals surface area contributed by atoms with Crippen LogP contribution in [-0.2, 0) is 5.75 Å². The summed E-state index contributed by atoms with van der Waals surface area (Å²) in [6.45, 7) is 3.74. The third kappa shape index (κ3) is 4.15. The summed E-state index contributed by atoms with van der Waals surface area (Å²) < 4.78 is 37.6. The minimum absolute atomic E-state index is 0.0492. The van der Waals surface area contributed by atoms with E-state index in [4.69, 9.17) is 5.11 Å². The van der Waals surface area contributed by atoms with Gasteiger partial charge in [0.05, 0.1) is 11.8 Å². The summed E-state index contributed by atoms with van der Waals surface area (Å²) >= 11 is 0.944. The van der Waals surface area contributed by atoms with Crippen molar-refractivity contribution < 1.29 is 18.3 Å². The van der Waals surface area contributed by atoms with Crippen molar-refractivity contribution in [1.29, 1.82) is 0 Å². The molecule has 1 heterocycles. The van der Waals surface area contributed by atoms with Crippen LogP contribution in [0, 0.1) is 0 Å². The summed E-state index contributed by atoms with van der Waals surface area (Å²) in [6, 6.07) is 0.0492. The fourth-order valence-corrected chi connectivity index (χ4v) is 1.97. The molecule has 0 aromatic carbocycles. The van der Waals surface area contributed by atoms with Gasteiger partial charge in [-0.1, -0.05) is 0 Å². The highest BCUT2D eigenvalue weighted by atomic mass is 32.2. The molecule has 5 nitrogen and oxygen atoms in total. The number of nitrogens with zero attached hydrogens (tertiary/aromatic N) is 4. The van der Waals surface area contributed by atoms with Crippen LogP contribution in [0.4, 0.5) is 13.2 Å². The first-order valence-electron chi connectivity index (χ1n) is 4.91. The molecule has 0 radical (unpaired) electrons. The number of alkyl halides is 3. The maximum absolute atomic E-state index is 12.0. The molecule has 1 N–H and O–H groups in total. The van der Waals surface area contributed by atoms with Crippen molar-refractivity contribution >= 4 is 11.8 Å². The maximum Gasteiger partial charge on any atom is 0.415 e. The molecule has 17 heavy (non-hydrogen) atoms. The molecule has 0 aliphatic carbocycles. The highest BCUT2D eigenvalue weighted by Crippen LogP contribution is 2.24. The van der Waals surface area contributed by atoms with Crippen molar-refractivity contribution in [2.75, 3.05) is 5.75 Å². The summed E-state index contributed by atoms with van der Waals surface area (Å²) in [6.07, 6.45) is -6.88. The quantitative estimate of drug-likeness (QED) is 0.876. The fourth-order valence-electron chi connectivity index (χ4n) is 1.06. The van der Waals surface area contributed by atoms with E-state index in [-0.39, 0.29) is 11.8 Å². The molecule has 0 unspecified atom stereocenters. The Morgan fingerprint density at radius 2 is 2.06 bits per heavy atom. The van der Waals surface area contributed by atoms with Gasteiger partial charge in [-0.25, -0.2) is 4.68 Å². The molecule has 9 heteroatoms. The van der Waals surface area contributed by atoms with Gasteiger partial charge in [0.15, 0.2) is 11.9 Å². The highest BCUT2D eigenvalue weighted by molar-refractivity contribution is 7.98. The number of halogens is 3. The van der Waals surface area contributed by atoms with Crippen molar-refractivity contribution in [3.63, 3.8) is 0 Å². The lowest BCUT2D eigenvalue weighted by molar-refractivity contribution is -0.195. The number of tetrazole rings is 1. The average Bonchev–Trinajstić information content (AvgIpc) is 2.64. The Morgan fingerprint density at radius 1 is 1.41 bits per heavy atom. The van der Waals surface area contributed by atoms with Crippen LogP contribution < -0.4 is 0 Å². The third-order valence-corrected chi connectivity index (χ3v) is 2.95. The van der Waals surface area contributed by atoms with Crippen molar-refractivity contribution in [2.45, 2.75) is 37.9 Å². The number of hydrogen-bond acceptors (Lipinski definition) is 5. The summed E-state index contributed by atoms with van der Waals surface area (Å²) in [5.74, 6) is 0.312. The van der Waals surface area contributed by atoms with E-state index in [9.17, 15) is 13.2 Å². The van der Waals surface area contributed by atoms with Crippen LogP contribution in [0.5, 0.6) is 0 Å². The van der Waals surface area contributed by atoms with Crippen molar-refractivity contribution in [2.24, 2.45) is 0 Å². The van der Waals surface area contributed by atoms with Gasteiger partial charge in [0.1, 0.15) is 0 Å². The molecule has 0 fully saturated rings. The Labute approximate surface area is 100 Å². The Bertz CT molecular complexity index is 355. The summed E-state index contributed by atoms with van der Waals surface area (Å²) in [7, 11) is 0. The lowest BCUT2D eigenvalue weighted by atomic mass is 10.4. The molecular formula is C8H13F3N4OS. The van der Waals surface area contributed by atoms with Crippen LogP contribution in [0.15, 0.2) is 0 Å². The number of aliphatic hydroxyl groups is 1.